The largest absolute Gasteiger partial charge is 0.296 e. The molecule has 0 atom stereocenters. The number of hydrogen-bond acceptors (Lipinski definition) is 6. The Bertz CT molecular complexity index is 814. The van der Waals surface area contributed by atoms with Gasteiger partial charge in [-0.3, -0.25) is 10.1 Å². The molecule has 1 aromatic heterocycles. The smallest absolute Gasteiger partial charge is 0.272 e. The van der Waals surface area contributed by atoms with Crippen molar-refractivity contribution in [3.63, 3.8) is 0 Å². The number of amides is 1. The summed E-state index contributed by atoms with van der Waals surface area (Å²) in [6, 6.07) is 4.98. The van der Waals surface area contributed by atoms with Crippen molar-refractivity contribution in [3.05, 3.63) is 35.6 Å². The van der Waals surface area contributed by atoms with E-state index in [0.717, 1.165) is 36.3 Å². The molecule has 0 aliphatic carbocycles. The van der Waals surface area contributed by atoms with E-state index in [2.05, 4.69) is 15.5 Å². The van der Waals surface area contributed by atoms with Gasteiger partial charge in [-0.25, -0.2) is 12.8 Å². The van der Waals surface area contributed by atoms with Gasteiger partial charge in [0, 0.05) is 18.7 Å². The summed E-state index contributed by atoms with van der Waals surface area (Å²) in [5.74, 6) is -0.956. The number of anilines is 1. The molecule has 3 rings (SSSR count). The number of nitrogens with one attached hydrogen (secondary N) is 1. The first-order valence-electron chi connectivity index (χ1n) is 6.87. The standard InChI is InChI=1S/C13H13FN4O3S2/c14-10-5-3-9(4-6-10)11(19)15-12-16-17-13(22-12)23(20,21)18-7-1-2-8-18/h3-6H,1-2,7-8H2,(H,15,16,19). The van der Waals surface area contributed by atoms with Crippen LogP contribution in [0.15, 0.2) is 28.6 Å². The van der Waals surface area contributed by atoms with Crippen molar-refractivity contribution in [1.82, 2.24) is 14.5 Å². The Morgan fingerprint density at radius 3 is 2.48 bits per heavy atom. The molecular formula is C13H13FN4O3S2. The molecule has 1 aliphatic heterocycles. The Balaban J connectivity index is 1.74. The van der Waals surface area contributed by atoms with E-state index in [1.807, 2.05) is 0 Å². The Labute approximate surface area is 136 Å². The van der Waals surface area contributed by atoms with E-state index >= 15 is 0 Å². The first-order chi connectivity index (χ1) is 11.0. The lowest BCUT2D eigenvalue weighted by molar-refractivity contribution is 0.102. The summed E-state index contributed by atoms with van der Waals surface area (Å²) < 4.78 is 38.7. The van der Waals surface area contributed by atoms with Crippen LogP contribution in [0.25, 0.3) is 0 Å². The number of hydrogen-bond donors (Lipinski definition) is 1. The number of carbonyl (C=O) groups excluding carboxylic acids is 1. The van der Waals surface area contributed by atoms with Crippen LogP contribution in [0.3, 0.4) is 0 Å². The van der Waals surface area contributed by atoms with E-state index in [9.17, 15) is 17.6 Å². The molecule has 10 heteroatoms. The molecule has 0 radical (unpaired) electrons. The number of carbonyl (C=O) groups is 1. The van der Waals surface area contributed by atoms with Gasteiger partial charge >= 0.3 is 0 Å². The van der Waals surface area contributed by atoms with Gasteiger partial charge in [0.25, 0.3) is 15.9 Å². The molecule has 0 bridgehead atoms. The lowest BCUT2D eigenvalue weighted by Crippen LogP contribution is -2.27. The fourth-order valence-corrected chi connectivity index (χ4v) is 4.72. The lowest BCUT2D eigenvalue weighted by atomic mass is 10.2. The number of nitrogens with zero attached hydrogens (tertiary/aromatic N) is 3. The molecule has 2 heterocycles. The third-order valence-corrected chi connectivity index (χ3v) is 6.44. The fourth-order valence-electron chi connectivity index (χ4n) is 2.17. The second-order valence-electron chi connectivity index (χ2n) is 4.95. The molecule has 1 saturated heterocycles. The Morgan fingerprint density at radius 2 is 1.83 bits per heavy atom. The number of benzene rings is 1. The van der Waals surface area contributed by atoms with Gasteiger partial charge in [-0.2, -0.15) is 4.31 Å². The normalized spacial score (nSPS) is 15.7. The van der Waals surface area contributed by atoms with E-state index in [0.29, 0.717) is 13.1 Å². The van der Waals surface area contributed by atoms with Gasteiger partial charge < -0.3 is 0 Å². The molecule has 2 aromatic rings. The molecule has 0 saturated carbocycles. The summed E-state index contributed by atoms with van der Waals surface area (Å²) in [7, 11) is -3.65. The maximum absolute atomic E-state index is 12.8. The van der Waals surface area contributed by atoms with Crippen molar-refractivity contribution in [2.75, 3.05) is 18.4 Å². The Morgan fingerprint density at radius 1 is 1.17 bits per heavy atom. The monoisotopic (exact) mass is 356 g/mol. The average Bonchev–Trinajstić information content (AvgIpc) is 3.19. The summed E-state index contributed by atoms with van der Waals surface area (Å²) in [5.41, 5.74) is 0.241. The number of rotatable bonds is 4. The van der Waals surface area contributed by atoms with Gasteiger partial charge in [-0.15, -0.1) is 10.2 Å². The second-order valence-corrected chi connectivity index (χ2v) is 8.03. The molecule has 7 nitrogen and oxygen atoms in total. The zero-order chi connectivity index (χ0) is 16.4. The van der Waals surface area contributed by atoms with Crippen LogP contribution in [-0.2, 0) is 10.0 Å². The van der Waals surface area contributed by atoms with Crippen molar-refractivity contribution in [1.29, 1.82) is 0 Å². The summed E-state index contributed by atoms with van der Waals surface area (Å²) in [4.78, 5) is 12.0. The van der Waals surface area contributed by atoms with Crippen molar-refractivity contribution in [2.24, 2.45) is 0 Å². The second kappa shape index (κ2) is 6.30. The van der Waals surface area contributed by atoms with Crippen LogP contribution < -0.4 is 5.32 Å². The summed E-state index contributed by atoms with van der Waals surface area (Å²) in [6.07, 6.45) is 1.65. The van der Waals surface area contributed by atoms with Gasteiger partial charge in [0.2, 0.25) is 9.47 Å². The minimum Gasteiger partial charge on any atom is -0.296 e. The van der Waals surface area contributed by atoms with Crippen molar-refractivity contribution in [2.45, 2.75) is 17.2 Å². The van der Waals surface area contributed by atoms with Gasteiger partial charge in [-0.1, -0.05) is 11.3 Å². The van der Waals surface area contributed by atoms with E-state index in [1.54, 1.807) is 0 Å². The molecule has 1 N–H and O–H groups in total. The maximum atomic E-state index is 12.8. The number of aromatic nitrogens is 2. The maximum Gasteiger partial charge on any atom is 0.272 e. The minimum absolute atomic E-state index is 0.0806. The zero-order valence-electron chi connectivity index (χ0n) is 11.9. The quantitative estimate of drug-likeness (QED) is 0.842. The molecular weight excluding hydrogens is 343 g/mol. The number of halogens is 1. The Hall–Kier alpha value is -1.91. The van der Waals surface area contributed by atoms with Crippen LogP contribution in [0.5, 0.6) is 0 Å². The minimum atomic E-state index is -3.65. The fraction of sp³-hybridized carbons (Fsp3) is 0.308. The topological polar surface area (TPSA) is 92.3 Å². The predicted octanol–water partition coefficient (Wildman–Crippen LogP) is 1.71. The van der Waals surface area contributed by atoms with Gasteiger partial charge in [0.1, 0.15) is 5.82 Å². The lowest BCUT2D eigenvalue weighted by Gasteiger charge is -2.11. The molecule has 1 aliphatic rings. The highest BCUT2D eigenvalue weighted by Crippen LogP contribution is 2.26. The Kier molecular flexibility index (Phi) is 4.37. The van der Waals surface area contributed by atoms with Crippen molar-refractivity contribution in [3.8, 4) is 0 Å². The third-order valence-electron chi connectivity index (χ3n) is 3.36. The first-order valence-corrected chi connectivity index (χ1v) is 9.13. The molecule has 1 fully saturated rings. The van der Waals surface area contributed by atoms with Crippen molar-refractivity contribution < 1.29 is 17.6 Å². The predicted molar refractivity (Wildman–Crippen MR) is 82.3 cm³/mol. The third kappa shape index (κ3) is 3.38. The molecule has 23 heavy (non-hydrogen) atoms. The molecule has 1 amide bonds. The van der Waals surface area contributed by atoms with Gasteiger partial charge in [0.15, 0.2) is 0 Å². The zero-order valence-corrected chi connectivity index (χ0v) is 13.5. The summed E-state index contributed by atoms with van der Waals surface area (Å²) in [6.45, 7) is 0.943. The van der Waals surface area contributed by atoms with Crippen LogP contribution >= 0.6 is 11.3 Å². The van der Waals surface area contributed by atoms with E-state index in [1.165, 1.54) is 16.4 Å². The highest BCUT2D eigenvalue weighted by molar-refractivity contribution is 7.91. The van der Waals surface area contributed by atoms with Gasteiger partial charge in [0.05, 0.1) is 0 Å². The van der Waals surface area contributed by atoms with Crippen LogP contribution in [0.4, 0.5) is 9.52 Å². The molecule has 0 spiro atoms. The van der Waals surface area contributed by atoms with E-state index in [4.69, 9.17) is 0 Å². The van der Waals surface area contributed by atoms with Crippen LogP contribution in [0.1, 0.15) is 23.2 Å². The van der Waals surface area contributed by atoms with E-state index < -0.39 is 21.7 Å². The number of sulfonamides is 1. The van der Waals surface area contributed by atoms with Crippen LogP contribution in [0, 0.1) is 5.82 Å². The highest BCUT2D eigenvalue weighted by Gasteiger charge is 2.30. The first kappa shape index (κ1) is 16.0. The summed E-state index contributed by atoms with van der Waals surface area (Å²) in [5, 5.41) is 9.89. The molecule has 0 unspecified atom stereocenters. The van der Waals surface area contributed by atoms with Crippen LogP contribution in [-0.4, -0.2) is 41.9 Å². The molecule has 1 aromatic carbocycles. The highest BCUT2D eigenvalue weighted by atomic mass is 32.2. The van der Waals surface area contributed by atoms with E-state index in [-0.39, 0.29) is 15.0 Å². The van der Waals surface area contributed by atoms with Crippen LogP contribution in [0.2, 0.25) is 0 Å². The van der Waals surface area contributed by atoms with Crippen molar-refractivity contribution >= 4 is 32.4 Å². The summed E-state index contributed by atoms with van der Waals surface area (Å²) >= 11 is 0.795. The SMILES string of the molecule is O=C(Nc1nnc(S(=O)(=O)N2CCCC2)s1)c1ccc(F)cc1. The average molecular weight is 356 g/mol. The van der Waals surface area contributed by atoms with Gasteiger partial charge in [-0.05, 0) is 37.1 Å². The molecule has 122 valence electrons.